The van der Waals surface area contributed by atoms with Gasteiger partial charge in [0.05, 0.1) is 5.02 Å². The number of ether oxygens (including phenoxy) is 2. The van der Waals surface area contributed by atoms with Gasteiger partial charge in [-0.15, -0.1) is 0 Å². The Labute approximate surface area is 125 Å². The molecule has 0 unspecified atom stereocenters. The zero-order chi connectivity index (χ0) is 15.2. The third-order valence-corrected chi connectivity index (χ3v) is 2.92. The van der Waals surface area contributed by atoms with Gasteiger partial charge in [0.15, 0.2) is 0 Å². The van der Waals surface area contributed by atoms with Crippen molar-refractivity contribution in [3.8, 4) is 11.5 Å². The van der Waals surface area contributed by atoms with E-state index in [1.807, 2.05) is 0 Å². The molecule has 6 heteroatoms. The average molecular weight is 311 g/mol. The van der Waals surface area contributed by atoms with Crippen LogP contribution in [0.4, 0.5) is 4.39 Å². The van der Waals surface area contributed by atoms with E-state index in [9.17, 15) is 9.18 Å². The molecule has 0 amide bonds. The molecule has 110 valence electrons. The number of hydrogen-bond acceptors (Lipinski definition) is 3. The molecule has 0 aliphatic carbocycles. The molecule has 0 saturated heterocycles. The standard InChI is InChI=1S/C15H12ClFO4/c16-12-3-1-2-4-13(12)20-7-8-21-14-9-10(17)5-6-11(14)15(18)19/h1-6,9H,7-8H2,(H,18,19). The van der Waals surface area contributed by atoms with Gasteiger partial charge in [0.1, 0.15) is 36.1 Å². The smallest absolute Gasteiger partial charge is 0.339 e. The van der Waals surface area contributed by atoms with Crippen molar-refractivity contribution < 1.29 is 23.8 Å². The second-order valence-corrected chi connectivity index (χ2v) is 4.48. The number of carboxylic acids is 1. The first-order valence-corrected chi connectivity index (χ1v) is 6.48. The molecule has 0 aliphatic rings. The molecule has 0 fully saturated rings. The summed E-state index contributed by atoms with van der Waals surface area (Å²) in [7, 11) is 0. The number of hydrogen-bond donors (Lipinski definition) is 1. The topological polar surface area (TPSA) is 55.8 Å². The van der Waals surface area contributed by atoms with Gasteiger partial charge in [0.2, 0.25) is 0 Å². The maximum absolute atomic E-state index is 13.1. The highest BCUT2D eigenvalue weighted by molar-refractivity contribution is 6.32. The van der Waals surface area contributed by atoms with Gasteiger partial charge in [-0.1, -0.05) is 23.7 Å². The Morgan fingerprint density at radius 3 is 2.43 bits per heavy atom. The van der Waals surface area contributed by atoms with Gasteiger partial charge in [0, 0.05) is 6.07 Å². The average Bonchev–Trinajstić information content (AvgIpc) is 2.45. The van der Waals surface area contributed by atoms with Gasteiger partial charge in [-0.05, 0) is 24.3 Å². The molecule has 0 aromatic heterocycles. The van der Waals surface area contributed by atoms with Crippen molar-refractivity contribution in [1.29, 1.82) is 0 Å². The third-order valence-electron chi connectivity index (χ3n) is 2.61. The first-order valence-electron chi connectivity index (χ1n) is 6.11. The molecule has 21 heavy (non-hydrogen) atoms. The van der Waals surface area contributed by atoms with Crippen LogP contribution in [-0.4, -0.2) is 24.3 Å². The largest absolute Gasteiger partial charge is 0.489 e. The van der Waals surface area contributed by atoms with Crippen LogP contribution < -0.4 is 9.47 Å². The number of benzene rings is 2. The summed E-state index contributed by atoms with van der Waals surface area (Å²) in [6, 6.07) is 10.2. The Bertz CT molecular complexity index is 645. The summed E-state index contributed by atoms with van der Waals surface area (Å²) in [5, 5.41) is 9.44. The lowest BCUT2D eigenvalue weighted by molar-refractivity contribution is 0.0691. The summed E-state index contributed by atoms with van der Waals surface area (Å²) in [5.74, 6) is -1.29. The van der Waals surface area contributed by atoms with Crippen LogP contribution in [0.25, 0.3) is 0 Å². The highest BCUT2D eigenvalue weighted by atomic mass is 35.5. The number of carboxylic acid groups (broad SMARTS) is 1. The van der Waals surface area contributed by atoms with Gasteiger partial charge in [-0.2, -0.15) is 0 Å². The van der Waals surface area contributed by atoms with Crippen LogP contribution in [0, 0.1) is 5.82 Å². The second kappa shape index (κ2) is 6.95. The van der Waals surface area contributed by atoms with Crippen molar-refractivity contribution in [2.24, 2.45) is 0 Å². The van der Waals surface area contributed by atoms with Gasteiger partial charge in [0.25, 0.3) is 0 Å². The van der Waals surface area contributed by atoms with Gasteiger partial charge < -0.3 is 14.6 Å². The first-order chi connectivity index (χ1) is 10.1. The van der Waals surface area contributed by atoms with E-state index in [4.69, 9.17) is 26.2 Å². The van der Waals surface area contributed by atoms with Gasteiger partial charge >= 0.3 is 5.97 Å². The maximum atomic E-state index is 13.1. The molecule has 0 heterocycles. The van der Waals surface area contributed by atoms with E-state index < -0.39 is 11.8 Å². The molecule has 0 atom stereocenters. The minimum atomic E-state index is -1.18. The summed E-state index contributed by atoms with van der Waals surface area (Å²) in [6.45, 7) is 0.217. The highest BCUT2D eigenvalue weighted by Gasteiger charge is 2.12. The van der Waals surface area contributed by atoms with Crippen molar-refractivity contribution in [2.75, 3.05) is 13.2 Å². The second-order valence-electron chi connectivity index (χ2n) is 4.07. The maximum Gasteiger partial charge on any atom is 0.339 e. The monoisotopic (exact) mass is 310 g/mol. The predicted molar refractivity (Wildman–Crippen MR) is 75.8 cm³/mol. The number of para-hydroxylation sites is 1. The van der Waals surface area contributed by atoms with Crippen LogP contribution in [-0.2, 0) is 0 Å². The van der Waals surface area contributed by atoms with E-state index in [0.717, 1.165) is 18.2 Å². The lowest BCUT2D eigenvalue weighted by Crippen LogP contribution is -2.11. The summed E-state index contributed by atoms with van der Waals surface area (Å²) < 4.78 is 23.8. The first kappa shape index (κ1) is 15.1. The normalized spacial score (nSPS) is 10.2. The molecular formula is C15H12ClFO4. The Kier molecular flexibility index (Phi) is 5.00. The van der Waals surface area contributed by atoms with E-state index in [0.29, 0.717) is 10.8 Å². The van der Waals surface area contributed by atoms with Gasteiger partial charge in [-0.25, -0.2) is 9.18 Å². The van der Waals surface area contributed by atoms with E-state index in [2.05, 4.69) is 0 Å². The lowest BCUT2D eigenvalue weighted by Gasteiger charge is -2.11. The van der Waals surface area contributed by atoms with Crippen LogP contribution >= 0.6 is 11.6 Å². The minimum absolute atomic E-state index is 0.0368. The Balaban J connectivity index is 1.93. The van der Waals surface area contributed by atoms with Crippen molar-refractivity contribution in [3.63, 3.8) is 0 Å². The number of halogens is 2. The molecule has 2 rings (SSSR count). The molecule has 4 nitrogen and oxygen atoms in total. The fourth-order valence-corrected chi connectivity index (χ4v) is 1.85. The summed E-state index contributed by atoms with van der Waals surface area (Å²) >= 11 is 5.91. The number of aromatic carboxylic acids is 1. The SMILES string of the molecule is O=C(O)c1ccc(F)cc1OCCOc1ccccc1Cl. The third kappa shape index (κ3) is 4.10. The van der Waals surface area contributed by atoms with Gasteiger partial charge in [-0.3, -0.25) is 0 Å². The zero-order valence-electron chi connectivity index (χ0n) is 10.9. The Hall–Kier alpha value is -2.27. The Morgan fingerprint density at radius 2 is 1.76 bits per heavy atom. The van der Waals surface area contributed by atoms with Crippen molar-refractivity contribution in [3.05, 3.63) is 58.9 Å². The molecule has 0 aliphatic heterocycles. The molecule has 0 saturated carbocycles. The van der Waals surface area contributed by atoms with Crippen molar-refractivity contribution in [2.45, 2.75) is 0 Å². The van der Waals surface area contributed by atoms with E-state index in [-0.39, 0.29) is 24.5 Å². The number of carbonyl (C=O) groups is 1. The fraction of sp³-hybridized carbons (Fsp3) is 0.133. The zero-order valence-corrected chi connectivity index (χ0v) is 11.6. The van der Waals surface area contributed by atoms with Crippen LogP contribution in [0.2, 0.25) is 5.02 Å². The van der Waals surface area contributed by atoms with Crippen LogP contribution in [0.3, 0.4) is 0 Å². The highest BCUT2D eigenvalue weighted by Crippen LogP contribution is 2.23. The van der Waals surface area contributed by atoms with Crippen LogP contribution in [0.15, 0.2) is 42.5 Å². The van der Waals surface area contributed by atoms with Crippen molar-refractivity contribution >= 4 is 17.6 Å². The Morgan fingerprint density at radius 1 is 1.10 bits per heavy atom. The molecule has 1 N–H and O–H groups in total. The summed E-state index contributed by atoms with van der Waals surface area (Å²) in [5.41, 5.74) is -0.103. The van der Waals surface area contributed by atoms with Crippen LogP contribution in [0.5, 0.6) is 11.5 Å². The molecule has 0 radical (unpaired) electrons. The molecule has 0 bridgehead atoms. The van der Waals surface area contributed by atoms with E-state index in [1.54, 1.807) is 24.3 Å². The minimum Gasteiger partial charge on any atom is -0.489 e. The van der Waals surface area contributed by atoms with Crippen molar-refractivity contribution in [1.82, 2.24) is 0 Å². The van der Waals surface area contributed by atoms with Crippen LogP contribution in [0.1, 0.15) is 10.4 Å². The molecule has 0 spiro atoms. The number of rotatable bonds is 6. The van der Waals surface area contributed by atoms with E-state index in [1.165, 1.54) is 0 Å². The predicted octanol–water partition coefficient (Wildman–Crippen LogP) is 3.64. The summed E-state index contributed by atoms with van der Waals surface area (Å²) in [4.78, 5) is 11.0. The molecular weight excluding hydrogens is 299 g/mol. The quantitative estimate of drug-likeness (QED) is 0.828. The molecule has 2 aromatic carbocycles. The fourth-order valence-electron chi connectivity index (χ4n) is 1.66. The lowest BCUT2D eigenvalue weighted by atomic mass is 10.2. The summed E-state index contributed by atoms with van der Waals surface area (Å²) in [6.07, 6.45) is 0. The molecule has 2 aromatic rings. The van der Waals surface area contributed by atoms with E-state index >= 15 is 0 Å².